The maximum Gasteiger partial charge on any atom is 0.471 e. The molecule has 0 aliphatic rings. The quantitative estimate of drug-likeness (QED) is 0.635. The van der Waals surface area contributed by atoms with Crippen LogP contribution in [0.4, 0.5) is 13.2 Å². The molecule has 0 aromatic rings. The van der Waals surface area contributed by atoms with E-state index >= 15 is 0 Å². The molecule has 0 amide bonds. The zero-order valence-corrected chi connectivity index (χ0v) is 8.50. The van der Waals surface area contributed by atoms with Gasteiger partial charge in [0.05, 0.1) is 6.17 Å². The summed E-state index contributed by atoms with van der Waals surface area (Å²) in [6.07, 6.45) is -3.05. The summed E-state index contributed by atoms with van der Waals surface area (Å²) >= 11 is 2.61. The van der Waals surface area contributed by atoms with Crippen LogP contribution in [0.2, 0.25) is 4.55 Å². The van der Waals surface area contributed by atoms with Crippen LogP contribution in [-0.2, 0) is 0 Å². The van der Waals surface area contributed by atoms with Gasteiger partial charge in [-0.1, -0.05) is 4.55 Å². The molecule has 2 atom stereocenters. The van der Waals surface area contributed by atoms with Gasteiger partial charge in [0.15, 0.2) is 0 Å². The normalized spacial score (nSPS) is 16.0. The second kappa shape index (κ2) is 6.73. The minimum absolute atomic E-state index is 0.283. The van der Waals surface area contributed by atoms with Crippen molar-refractivity contribution in [2.45, 2.75) is 23.3 Å². The summed E-state index contributed by atoms with van der Waals surface area (Å²) < 4.78 is 36.4. The van der Waals surface area contributed by atoms with Gasteiger partial charge in [0.2, 0.25) is 0 Å². The highest BCUT2D eigenvalue weighted by molar-refractivity contribution is 9.23. The van der Waals surface area contributed by atoms with Crippen LogP contribution in [0.15, 0.2) is 0 Å². The van der Waals surface area contributed by atoms with Gasteiger partial charge in [-0.3, -0.25) is 0 Å². The highest BCUT2D eigenvalue weighted by Gasteiger charge is 2.14. The van der Waals surface area contributed by atoms with Crippen LogP contribution in [0.1, 0.15) is 6.42 Å². The molecule has 10 heavy (non-hydrogen) atoms. The topological polar surface area (TPSA) is 0 Å². The van der Waals surface area contributed by atoms with Gasteiger partial charge in [-0.25, -0.2) is 13.2 Å². The van der Waals surface area contributed by atoms with Crippen LogP contribution in [0.25, 0.3) is 0 Å². The molecule has 0 aliphatic heterocycles. The van der Waals surface area contributed by atoms with E-state index in [0.29, 0.717) is 4.55 Å². The minimum Gasteiger partial charge on any atom is -0.307 e. The molecule has 0 radical (unpaired) electrons. The lowest BCUT2D eigenvalue weighted by atomic mass is 10.2. The molecule has 0 nitrogen and oxygen atoms in total. The third-order valence-corrected chi connectivity index (χ3v) is 3.32. The van der Waals surface area contributed by atoms with E-state index < -0.39 is 37.2 Å². The fourth-order valence-electron chi connectivity index (χ4n) is 0.577. The predicted molar refractivity (Wildman–Crippen MR) is 39.9 cm³/mol. The Labute approximate surface area is 74.1 Å². The first-order valence-electron chi connectivity index (χ1n) is 3.10. The average molecular weight is 229 g/mol. The van der Waals surface area contributed by atoms with Gasteiger partial charge >= 0.3 is 18.2 Å². The van der Waals surface area contributed by atoms with Crippen molar-refractivity contribution in [2.75, 3.05) is 6.67 Å². The Morgan fingerprint density at radius 2 is 1.90 bits per heavy atom. The van der Waals surface area contributed by atoms with Crippen LogP contribution in [-0.4, -0.2) is 37.2 Å². The molecule has 0 aromatic carbocycles. The van der Waals surface area contributed by atoms with E-state index in [1.54, 1.807) is 0 Å². The van der Waals surface area contributed by atoms with Crippen LogP contribution in [0, 0.1) is 0 Å². The maximum atomic E-state index is 12.4. The number of hydrogen-bond donors (Lipinski definition) is 0. The Morgan fingerprint density at radius 3 is 2.30 bits per heavy atom. The Balaban J connectivity index is 3.27. The number of hydrogen-bond acceptors (Lipinski definition) is 0. The Morgan fingerprint density at radius 1 is 1.30 bits per heavy atom. The molecule has 0 fully saturated rings. The predicted octanol–water partition coefficient (Wildman–Crippen LogP) is 2.45. The van der Waals surface area contributed by atoms with Gasteiger partial charge in [0.1, 0.15) is 12.8 Å². The van der Waals surface area contributed by atoms with E-state index in [9.17, 15) is 13.2 Å². The molecule has 58 valence electrons. The molecule has 0 aromatic heterocycles. The molecule has 0 saturated carbocycles. The molecule has 0 aliphatic carbocycles. The Kier molecular flexibility index (Phi) is 7.43. The average Bonchev–Trinajstić information content (AvgIpc) is 1.88. The third-order valence-electron chi connectivity index (χ3n) is 1.10. The van der Waals surface area contributed by atoms with Crippen LogP contribution >= 0.6 is 12.9 Å². The van der Waals surface area contributed by atoms with Crippen molar-refractivity contribution in [3.8, 4) is 0 Å². The Bertz CT molecular complexity index is 83.3. The minimum atomic E-state index is -1.61. The van der Waals surface area contributed by atoms with Gasteiger partial charge in [-0.2, -0.15) is 0 Å². The van der Waals surface area contributed by atoms with Crippen molar-refractivity contribution in [1.29, 1.82) is 0 Å². The fourth-order valence-corrected chi connectivity index (χ4v) is 2.54. The van der Waals surface area contributed by atoms with E-state index in [1.807, 2.05) is 0 Å². The second-order valence-corrected chi connectivity index (χ2v) is 5.40. The van der Waals surface area contributed by atoms with Crippen molar-refractivity contribution < 1.29 is 13.2 Å². The van der Waals surface area contributed by atoms with Gasteiger partial charge in [0, 0.05) is 6.42 Å². The molecule has 0 N–H and O–H groups in total. The lowest BCUT2D eigenvalue weighted by Gasteiger charge is -2.06. The highest BCUT2D eigenvalue weighted by Crippen LogP contribution is 2.11. The van der Waals surface area contributed by atoms with E-state index in [-0.39, 0.29) is 6.42 Å². The monoisotopic (exact) mass is 228 g/mol. The molecule has 2 unspecified atom stereocenters. The lowest BCUT2D eigenvalue weighted by Crippen LogP contribution is -2.12. The van der Waals surface area contributed by atoms with E-state index in [1.165, 1.54) is 0 Å². The molecular formula is C5H8BrF3Mg. The zero-order valence-electron chi connectivity index (χ0n) is 5.49. The van der Waals surface area contributed by atoms with Gasteiger partial charge in [0.25, 0.3) is 0 Å². The zero-order chi connectivity index (χ0) is 7.98. The second-order valence-electron chi connectivity index (χ2n) is 2.06. The summed E-state index contributed by atoms with van der Waals surface area (Å²) in [5, 5.41) is 0. The van der Waals surface area contributed by atoms with Crippen molar-refractivity contribution in [2.24, 2.45) is 0 Å². The fraction of sp³-hybridized carbons (Fsp3) is 1.00. The summed E-state index contributed by atoms with van der Waals surface area (Å²) in [6, 6.07) is 0. The molecular weight excluding hydrogens is 221 g/mol. The van der Waals surface area contributed by atoms with Crippen molar-refractivity contribution in [3.63, 3.8) is 0 Å². The van der Waals surface area contributed by atoms with Gasteiger partial charge in [-0.05, 0) is 0 Å². The summed E-state index contributed by atoms with van der Waals surface area (Å²) in [5.41, 5.74) is 0. The molecule has 0 rings (SSSR count). The van der Waals surface area contributed by atoms with Gasteiger partial charge < -0.3 is 12.9 Å². The summed E-state index contributed by atoms with van der Waals surface area (Å²) in [4.78, 5) is 0. The van der Waals surface area contributed by atoms with E-state index in [2.05, 4.69) is 12.9 Å². The summed E-state index contributed by atoms with van der Waals surface area (Å²) in [5.74, 6) is 0. The summed E-state index contributed by atoms with van der Waals surface area (Å²) in [6.45, 7) is -1.07. The van der Waals surface area contributed by atoms with Crippen molar-refractivity contribution in [3.05, 3.63) is 0 Å². The maximum absolute atomic E-state index is 12.4. The largest absolute Gasteiger partial charge is 0.471 e. The molecule has 0 heterocycles. The van der Waals surface area contributed by atoms with Crippen LogP contribution in [0.5, 0.6) is 0 Å². The van der Waals surface area contributed by atoms with Crippen molar-refractivity contribution in [1.82, 2.24) is 0 Å². The molecule has 0 spiro atoms. The number of rotatable bonds is 5. The lowest BCUT2D eigenvalue weighted by molar-refractivity contribution is 0.196. The standard InChI is InChI=1S/C5H8F3.BrH.Mg/c1-4(7)2-5(8)3-6;;/h4-5H,1-3H2;1H;/q;;+1/p-1. The van der Waals surface area contributed by atoms with Crippen LogP contribution in [0.3, 0.4) is 0 Å². The summed E-state index contributed by atoms with van der Waals surface area (Å²) in [7, 11) is 0. The SMILES string of the molecule is FCC(F)CC(F)[CH2][Mg][Br]. The number of alkyl halides is 3. The van der Waals surface area contributed by atoms with Gasteiger partial charge in [-0.15, -0.1) is 0 Å². The molecule has 0 saturated heterocycles. The molecule has 0 bridgehead atoms. The third kappa shape index (κ3) is 5.79. The van der Waals surface area contributed by atoms with E-state index in [0.717, 1.165) is 0 Å². The first-order chi connectivity index (χ1) is 4.70. The highest BCUT2D eigenvalue weighted by atomic mass is 79.9. The van der Waals surface area contributed by atoms with E-state index in [4.69, 9.17) is 0 Å². The van der Waals surface area contributed by atoms with Crippen molar-refractivity contribution >= 4 is 31.1 Å². The molecule has 5 heteroatoms. The van der Waals surface area contributed by atoms with Crippen LogP contribution < -0.4 is 0 Å². The first kappa shape index (κ1) is 11.0. The first-order valence-corrected chi connectivity index (χ1v) is 8.00. The number of halogens is 4. The Hall–Kier alpha value is 1.04. The smallest absolute Gasteiger partial charge is 0.307 e.